The summed E-state index contributed by atoms with van der Waals surface area (Å²) in [6.07, 6.45) is 2.00. The Bertz CT molecular complexity index is 854. The minimum absolute atomic E-state index is 0.00800. The van der Waals surface area contributed by atoms with Gasteiger partial charge in [0.15, 0.2) is 6.29 Å². The molecule has 5 heteroatoms. The lowest BCUT2D eigenvalue weighted by Gasteiger charge is -2.07. The van der Waals surface area contributed by atoms with Gasteiger partial charge >= 0.3 is 0 Å². The average molecular weight is 258 g/mol. The normalized spacial score (nSPS) is 11.1. The fraction of sp³-hybridized carbons (Fsp3) is 0.143. The van der Waals surface area contributed by atoms with Gasteiger partial charge in [-0.1, -0.05) is 0 Å². The van der Waals surface area contributed by atoms with Gasteiger partial charge in [0.1, 0.15) is 33.6 Å². The molecule has 0 aliphatic carbocycles. The summed E-state index contributed by atoms with van der Waals surface area (Å²) < 4.78 is 16.1. The molecule has 0 fully saturated rings. The third-order valence-electron chi connectivity index (χ3n) is 3.11. The predicted octanol–water partition coefficient (Wildman–Crippen LogP) is 2.67. The molecule has 2 aromatic heterocycles. The Balaban J connectivity index is 2.64. The molecule has 96 valence electrons. The van der Waals surface area contributed by atoms with Crippen LogP contribution in [0, 0.1) is 6.92 Å². The molecule has 3 rings (SSSR count). The van der Waals surface area contributed by atoms with E-state index < -0.39 is 5.43 Å². The zero-order valence-electron chi connectivity index (χ0n) is 10.4. The summed E-state index contributed by atoms with van der Waals surface area (Å²) in [6.45, 7) is 1.57. The Morgan fingerprint density at radius 1 is 1.32 bits per heavy atom. The SMILES string of the molecule is COc1c2ccoc2cc2oc(C)c(C=O)c(=O)c12. The van der Waals surface area contributed by atoms with Crippen LogP contribution in [0.3, 0.4) is 0 Å². The smallest absolute Gasteiger partial charge is 0.207 e. The summed E-state index contributed by atoms with van der Waals surface area (Å²) in [5.74, 6) is 0.638. The number of carbonyl (C=O) groups excluding carboxylic acids is 1. The molecule has 0 aliphatic heterocycles. The third kappa shape index (κ3) is 1.48. The molecule has 0 aliphatic rings. The van der Waals surface area contributed by atoms with Crippen LogP contribution in [0.2, 0.25) is 0 Å². The molecule has 0 atom stereocenters. The number of aldehydes is 1. The van der Waals surface area contributed by atoms with Crippen LogP contribution < -0.4 is 10.2 Å². The van der Waals surface area contributed by atoms with Crippen LogP contribution in [0.5, 0.6) is 5.75 Å². The van der Waals surface area contributed by atoms with Gasteiger partial charge < -0.3 is 13.6 Å². The first-order chi connectivity index (χ1) is 9.17. The van der Waals surface area contributed by atoms with Crippen molar-refractivity contribution in [3.63, 3.8) is 0 Å². The van der Waals surface area contributed by atoms with E-state index in [9.17, 15) is 9.59 Å². The summed E-state index contributed by atoms with van der Waals surface area (Å²) in [5.41, 5.74) is 0.514. The number of furan rings is 1. The molecule has 5 nitrogen and oxygen atoms in total. The number of methoxy groups -OCH3 is 1. The molecular formula is C14H10O5. The van der Waals surface area contributed by atoms with Gasteiger partial charge in [-0.05, 0) is 13.0 Å². The second kappa shape index (κ2) is 3.98. The molecule has 0 unspecified atom stereocenters. The Morgan fingerprint density at radius 2 is 2.11 bits per heavy atom. The molecule has 0 bridgehead atoms. The lowest BCUT2D eigenvalue weighted by Crippen LogP contribution is -2.11. The van der Waals surface area contributed by atoms with Crippen molar-refractivity contribution >= 4 is 28.2 Å². The number of rotatable bonds is 2. The topological polar surface area (TPSA) is 69.7 Å². The van der Waals surface area contributed by atoms with Crippen molar-refractivity contribution in [1.82, 2.24) is 0 Å². The van der Waals surface area contributed by atoms with Gasteiger partial charge in [-0.15, -0.1) is 0 Å². The molecule has 2 heterocycles. The molecule has 0 spiro atoms. The van der Waals surface area contributed by atoms with Crippen LogP contribution in [0.15, 0.2) is 32.0 Å². The van der Waals surface area contributed by atoms with Crippen molar-refractivity contribution < 1.29 is 18.4 Å². The maximum Gasteiger partial charge on any atom is 0.207 e. The van der Waals surface area contributed by atoms with Gasteiger partial charge in [-0.2, -0.15) is 0 Å². The van der Waals surface area contributed by atoms with Gasteiger partial charge in [0.25, 0.3) is 0 Å². The number of hydrogen-bond donors (Lipinski definition) is 0. The van der Waals surface area contributed by atoms with Gasteiger partial charge in [0.05, 0.1) is 18.8 Å². The van der Waals surface area contributed by atoms with Crippen molar-refractivity contribution in [2.75, 3.05) is 7.11 Å². The second-order valence-electron chi connectivity index (χ2n) is 4.13. The van der Waals surface area contributed by atoms with Gasteiger partial charge in [0.2, 0.25) is 5.43 Å². The van der Waals surface area contributed by atoms with Crippen molar-refractivity contribution in [2.24, 2.45) is 0 Å². The fourth-order valence-electron chi connectivity index (χ4n) is 2.22. The lowest BCUT2D eigenvalue weighted by molar-refractivity contribution is 0.112. The maximum absolute atomic E-state index is 12.3. The largest absolute Gasteiger partial charge is 0.495 e. The molecule has 0 radical (unpaired) electrons. The van der Waals surface area contributed by atoms with E-state index in [0.29, 0.717) is 28.6 Å². The summed E-state index contributed by atoms with van der Waals surface area (Å²) >= 11 is 0. The maximum atomic E-state index is 12.3. The highest BCUT2D eigenvalue weighted by Gasteiger charge is 2.18. The number of ether oxygens (including phenoxy) is 1. The van der Waals surface area contributed by atoms with Crippen molar-refractivity contribution in [2.45, 2.75) is 6.92 Å². The van der Waals surface area contributed by atoms with E-state index in [1.165, 1.54) is 13.4 Å². The van der Waals surface area contributed by atoms with Crippen molar-refractivity contribution in [3.05, 3.63) is 39.9 Å². The van der Waals surface area contributed by atoms with Crippen LogP contribution in [-0.2, 0) is 0 Å². The molecule has 19 heavy (non-hydrogen) atoms. The number of aryl methyl sites for hydroxylation is 1. The lowest BCUT2D eigenvalue weighted by atomic mass is 10.1. The van der Waals surface area contributed by atoms with Gasteiger partial charge in [-0.25, -0.2) is 0 Å². The number of benzene rings is 1. The standard InChI is InChI=1S/C14H10O5/c1-7-9(6-15)13(16)12-11(19-7)5-10-8(3-4-18-10)14(12)17-2/h3-6H,1-2H3. The van der Waals surface area contributed by atoms with Crippen LogP contribution in [0.25, 0.3) is 21.9 Å². The highest BCUT2D eigenvalue weighted by atomic mass is 16.5. The van der Waals surface area contributed by atoms with E-state index in [1.54, 1.807) is 19.1 Å². The van der Waals surface area contributed by atoms with Gasteiger partial charge in [0, 0.05) is 6.07 Å². The molecule has 0 amide bonds. The molecular weight excluding hydrogens is 248 g/mol. The molecule has 0 N–H and O–H groups in total. The highest BCUT2D eigenvalue weighted by Crippen LogP contribution is 2.34. The number of hydrogen-bond acceptors (Lipinski definition) is 5. The zero-order chi connectivity index (χ0) is 13.6. The Hall–Kier alpha value is -2.56. The third-order valence-corrected chi connectivity index (χ3v) is 3.11. The zero-order valence-corrected chi connectivity index (χ0v) is 10.4. The van der Waals surface area contributed by atoms with Crippen molar-refractivity contribution in [3.8, 4) is 5.75 Å². The van der Waals surface area contributed by atoms with Crippen molar-refractivity contribution in [1.29, 1.82) is 0 Å². The van der Waals surface area contributed by atoms with E-state index in [1.807, 2.05) is 0 Å². The first-order valence-corrected chi connectivity index (χ1v) is 5.64. The van der Waals surface area contributed by atoms with E-state index >= 15 is 0 Å². The molecule has 3 aromatic rings. The summed E-state index contributed by atoms with van der Waals surface area (Å²) in [7, 11) is 1.46. The Labute approximate surface area is 107 Å². The average Bonchev–Trinajstić information content (AvgIpc) is 2.84. The van der Waals surface area contributed by atoms with E-state index in [-0.39, 0.29) is 16.7 Å². The molecule has 0 saturated carbocycles. The fourth-order valence-corrected chi connectivity index (χ4v) is 2.22. The predicted molar refractivity (Wildman–Crippen MR) is 68.9 cm³/mol. The summed E-state index contributed by atoms with van der Waals surface area (Å²) in [5, 5.41) is 0.923. The van der Waals surface area contributed by atoms with Crippen LogP contribution in [-0.4, -0.2) is 13.4 Å². The van der Waals surface area contributed by atoms with E-state index in [0.717, 1.165) is 0 Å². The number of carbonyl (C=O) groups is 1. The highest BCUT2D eigenvalue weighted by molar-refractivity contribution is 6.02. The number of fused-ring (bicyclic) bond motifs is 2. The second-order valence-corrected chi connectivity index (χ2v) is 4.13. The Kier molecular flexibility index (Phi) is 2.41. The van der Waals surface area contributed by atoms with Crippen LogP contribution in [0.1, 0.15) is 16.1 Å². The quantitative estimate of drug-likeness (QED) is 0.661. The molecule has 0 saturated heterocycles. The Morgan fingerprint density at radius 3 is 2.79 bits per heavy atom. The van der Waals surface area contributed by atoms with Gasteiger partial charge in [-0.3, -0.25) is 9.59 Å². The summed E-state index contributed by atoms with van der Waals surface area (Å²) in [4.78, 5) is 23.3. The van der Waals surface area contributed by atoms with E-state index in [4.69, 9.17) is 13.6 Å². The van der Waals surface area contributed by atoms with Crippen LogP contribution >= 0.6 is 0 Å². The monoisotopic (exact) mass is 258 g/mol. The first kappa shape index (κ1) is 11.5. The minimum Gasteiger partial charge on any atom is -0.495 e. The van der Waals surface area contributed by atoms with E-state index in [2.05, 4.69) is 0 Å². The summed E-state index contributed by atoms with van der Waals surface area (Å²) in [6, 6.07) is 3.32. The minimum atomic E-state index is -0.395. The molecule has 1 aromatic carbocycles. The van der Waals surface area contributed by atoms with Crippen LogP contribution in [0.4, 0.5) is 0 Å². The first-order valence-electron chi connectivity index (χ1n) is 5.64.